The van der Waals surface area contributed by atoms with Crippen molar-refractivity contribution >= 4 is 0 Å². The van der Waals surface area contributed by atoms with Gasteiger partial charge in [0.05, 0.1) is 13.2 Å². The molecule has 1 aliphatic rings. The molecule has 0 radical (unpaired) electrons. The van der Waals surface area contributed by atoms with Crippen molar-refractivity contribution in [3.8, 4) is 0 Å². The van der Waals surface area contributed by atoms with E-state index in [0.29, 0.717) is 13.2 Å². The topological polar surface area (TPSA) is 58.9 Å². The van der Waals surface area contributed by atoms with E-state index in [1.54, 1.807) is 7.11 Å². The van der Waals surface area contributed by atoms with Crippen molar-refractivity contribution < 1.29 is 19.7 Å². The molecular formula is C9H18O4. The summed E-state index contributed by atoms with van der Waals surface area (Å²) in [4.78, 5) is 0. The van der Waals surface area contributed by atoms with E-state index in [9.17, 15) is 5.11 Å². The Balaban J connectivity index is 2.60. The Labute approximate surface area is 78.5 Å². The lowest BCUT2D eigenvalue weighted by atomic mass is 9.89. The summed E-state index contributed by atoms with van der Waals surface area (Å²) in [5.41, 5.74) is -0.679. The van der Waals surface area contributed by atoms with Gasteiger partial charge in [0.25, 0.3) is 0 Å². The van der Waals surface area contributed by atoms with Crippen molar-refractivity contribution in [2.75, 3.05) is 26.9 Å². The highest BCUT2D eigenvalue weighted by Gasteiger charge is 2.40. The summed E-state index contributed by atoms with van der Waals surface area (Å²) in [7, 11) is 1.57. The molecule has 0 aromatic carbocycles. The summed E-state index contributed by atoms with van der Waals surface area (Å²) in [6.45, 7) is 0.707. The summed E-state index contributed by atoms with van der Waals surface area (Å²) in [5.74, 6) is 0. The molecule has 1 fully saturated rings. The van der Waals surface area contributed by atoms with Gasteiger partial charge in [0.1, 0.15) is 11.7 Å². The molecule has 0 aliphatic carbocycles. The Morgan fingerprint density at radius 2 is 2.31 bits per heavy atom. The highest BCUT2D eigenvalue weighted by Crippen LogP contribution is 2.28. The number of hydrogen-bond acceptors (Lipinski definition) is 4. The van der Waals surface area contributed by atoms with E-state index in [2.05, 4.69) is 0 Å². The zero-order chi connectivity index (χ0) is 9.73. The molecule has 78 valence electrons. The second-order valence-corrected chi connectivity index (χ2v) is 3.50. The summed E-state index contributed by atoms with van der Waals surface area (Å²) in [6, 6.07) is 0. The zero-order valence-electron chi connectivity index (χ0n) is 8.03. The van der Waals surface area contributed by atoms with Gasteiger partial charge in [0, 0.05) is 13.7 Å². The Hall–Kier alpha value is -0.160. The lowest BCUT2D eigenvalue weighted by Gasteiger charge is -2.39. The monoisotopic (exact) mass is 190 g/mol. The highest BCUT2D eigenvalue weighted by molar-refractivity contribution is 4.90. The molecule has 13 heavy (non-hydrogen) atoms. The SMILES string of the molecule is COCC1(C(O)CO)CCCCO1. The number of methoxy groups -OCH3 is 1. The molecule has 2 atom stereocenters. The summed E-state index contributed by atoms with van der Waals surface area (Å²) < 4.78 is 10.5. The van der Waals surface area contributed by atoms with Gasteiger partial charge in [-0.15, -0.1) is 0 Å². The highest BCUT2D eigenvalue weighted by atomic mass is 16.6. The van der Waals surface area contributed by atoms with Crippen LogP contribution in [0.25, 0.3) is 0 Å². The Kier molecular flexibility index (Phi) is 4.12. The standard InChI is InChI=1S/C9H18O4/c1-12-7-9(8(11)6-10)4-2-3-5-13-9/h8,10-11H,2-7H2,1H3. The van der Waals surface area contributed by atoms with Crippen molar-refractivity contribution in [2.45, 2.75) is 31.0 Å². The molecule has 0 aromatic heterocycles. The second kappa shape index (κ2) is 4.91. The van der Waals surface area contributed by atoms with E-state index in [1.165, 1.54) is 0 Å². The van der Waals surface area contributed by atoms with Crippen LogP contribution in [0.1, 0.15) is 19.3 Å². The predicted molar refractivity (Wildman–Crippen MR) is 47.5 cm³/mol. The molecule has 0 bridgehead atoms. The fourth-order valence-corrected chi connectivity index (χ4v) is 1.76. The molecule has 2 unspecified atom stereocenters. The van der Waals surface area contributed by atoms with Crippen LogP contribution in [0.3, 0.4) is 0 Å². The maximum absolute atomic E-state index is 9.61. The zero-order valence-corrected chi connectivity index (χ0v) is 8.03. The second-order valence-electron chi connectivity index (χ2n) is 3.50. The van der Waals surface area contributed by atoms with E-state index >= 15 is 0 Å². The maximum atomic E-state index is 9.61. The van der Waals surface area contributed by atoms with Crippen LogP contribution in [0.4, 0.5) is 0 Å². The first-order valence-electron chi connectivity index (χ1n) is 4.67. The molecule has 2 N–H and O–H groups in total. The third kappa shape index (κ3) is 2.40. The van der Waals surface area contributed by atoms with E-state index in [0.717, 1.165) is 19.3 Å². The van der Waals surface area contributed by atoms with E-state index in [4.69, 9.17) is 14.6 Å². The van der Waals surface area contributed by atoms with Gasteiger partial charge in [0.2, 0.25) is 0 Å². The molecule has 0 spiro atoms. The summed E-state index contributed by atoms with van der Waals surface area (Å²) in [6.07, 6.45) is 1.94. The number of aliphatic hydroxyl groups excluding tert-OH is 2. The Bertz CT molecular complexity index is 137. The van der Waals surface area contributed by atoms with Gasteiger partial charge in [-0.1, -0.05) is 0 Å². The van der Waals surface area contributed by atoms with Gasteiger partial charge in [-0.05, 0) is 19.3 Å². The fraction of sp³-hybridized carbons (Fsp3) is 1.00. The van der Waals surface area contributed by atoms with E-state index < -0.39 is 11.7 Å². The fourth-order valence-electron chi connectivity index (χ4n) is 1.76. The normalized spacial score (nSPS) is 31.6. The minimum Gasteiger partial charge on any atom is -0.394 e. The average molecular weight is 190 g/mol. The molecular weight excluding hydrogens is 172 g/mol. The van der Waals surface area contributed by atoms with Crippen LogP contribution >= 0.6 is 0 Å². The van der Waals surface area contributed by atoms with Crippen molar-refractivity contribution in [3.05, 3.63) is 0 Å². The van der Waals surface area contributed by atoms with Gasteiger partial charge in [-0.25, -0.2) is 0 Å². The van der Waals surface area contributed by atoms with E-state index in [1.807, 2.05) is 0 Å². The smallest absolute Gasteiger partial charge is 0.119 e. The quantitative estimate of drug-likeness (QED) is 0.651. The van der Waals surface area contributed by atoms with Gasteiger partial charge in [0.15, 0.2) is 0 Å². The lowest BCUT2D eigenvalue weighted by molar-refractivity contribution is -0.182. The van der Waals surface area contributed by atoms with Crippen LogP contribution in [0.2, 0.25) is 0 Å². The van der Waals surface area contributed by atoms with Crippen molar-refractivity contribution in [1.82, 2.24) is 0 Å². The molecule has 0 aromatic rings. The molecule has 1 heterocycles. The summed E-state index contributed by atoms with van der Waals surface area (Å²) in [5, 5.41) is 18.5. The molecule has 1 rings (SSSR count). The van der Waals surface area contributed by atoms with Crippen LogP contribution in [0, 0.1) is 0 Å². The molecule has 0 saturated carbocycles. The van der Waals surface area contributed by atoms with Gasteiger partial charge < -0.3 is 19.7 Å². The maximum Gasteiger partial charge on any atom is 0.119 e. The Morgan fingerprint density at radius 1 is 1.54 bits per heavy atom. The van der Waals surface area contributed by atoms with Gasteiger partial charge in [-0.2, -0.15) is 0 Å². The Morgan fingerprint density at radius 3 is 2.77 bits per heavy atom. The average Bonchev–Trinajstić information content (AvgIpc) is 2.18. The van der Waals surface area contributed by atoms with Crippen LogP contribution in [-0.4, -0.2) is 48.8 Å². The minimum absolute atomic E-state index is 0.274. The first-order valence-corrected chi connectivity index (χ1v) is 4.67. The third-order valence-corrected chi connectivity index (χ3v) is 2.55. The number of ether oxygens (including phenoxy) is 2. The van der Waals surface area contributed by atoms with Crippen LogP contribution in [-0.2, 0) is 9.47 Å². The van der Waals surface area contributed by atoms with Crippen LogP contribution in [0.5, 0.6) is 0 Å². The van der Waals surface area contributed by atoms with Crippen molar-refractivity contribution in [2.24, 2.45) is 0 Å². The largest absolute Gasteiger partial charge is 0.394 e. The lowest BCUT2D eigenvalue weighted by Crippen LogP contribution is -2.52. The van der Waals surface area contributed by atoms with E-state index in [-0.39, 0.29) is 6.61 Å². The first kappa shape index (κ1) is 10.9. The molecule has 4 nitrogen and oxygen atoms in total. The molecule has 1 aliphatic heterocycles. The minimum atomic E-state index is -0.840. The van der Waals surface area contributed by atoms with Gasteiger partial charge >= 0.3 is 0 Å². The number of rotatable bonds is 4. The first-order chi connectivity index (χ1) is 6.25. The molecule has 1 saturated heterocycles. The predicted octanol–water partition coefficient (Wildman–Crippen LogP) is -0.0747. The number of aliphatic hydroxyl groups is 2. The van der Waals surface area contributed by atoms with Crippen LogP contribution in [0.15, 0.2) is 0 Å². The summed E-state index contributed by atoms with van der Waals surface area (Å²) >= 11 is 0. The number of hydrogen-bond donors (Lipinski definition) is 2. The molecule has 0 amide bonds. The third-order valence-electron chi connectivity index (χ3n) is 2.55. The van der Waals surface area contributed by atoms with Gasteiger partial charge in [-0.3, -0.25) is 0 Å². The van der Waals surface area contributed by atoms with Crippen molar-refractivity contribution in [3.63, 3.8) is 0 Å². The molecule has 4 heteroatoms. The van der Waals surface area contributed by atoms with Crippen LogP contribution < -0.4 is 0 Å². The van der Waals surface area contributed by atoms with Crippen molar-refractivity contribution in [1.29, 1.82) is 0 Å².